The van der Waals surface area contributed by atoms with Crippen LogP contribution in [0.1, 0.15) is 24.3 Å². The van der Waals surface area contributed by atoms with Gasteiger partial charge in [0.1, 0.15) is 0 Å². The van der Waals surface area contributed by atoms with Crippen molar-refractivity contribution in [3.63, 3.8) is 0 Å². The number of hydrogen-bond donors (Lipinski definition) is 1. The van der Waals surface area contributed by atoms with Gasteiger partial charge < -0.3 is 5.32 Å². The molecule has 0 amide bonds. The average molecular weight is 314 g/mol. The third-order valence-corrected chi connectivity index (χ3v) is 4.31. The highest BCUT2D eigenvalue weighted by atomic mass is 79.9. The molecule has 92 valence electrons. The van der Waals surface area contributed by atoms with Crippen LogP contribution in [0.5, 0.6) is 0 Å². The number of aromatic nitrogens is 2. The van der Waals surface area contributed by atoms with Crippen LogP contribution in [0.25, 0.3) is 0 Å². The molecule has 0 spiro atoms. The topological polar surface area (TPSA) is 29.9 Å². The molecule has 2 heterocycles. The first-order chi connectivity index (χ1) is 8.15. The Morgan fingerprint density at radius 2 is 2.35 bits per heavy atom. The Morgan fingerprint density at radius 1 is 1.53 bits per heavy atom. The molecule has 2 rings (SSSR count). The van der Waals surface area contributed by atoms with E-state index in [9.17, 15) is 0 Å². The molecule has 3 nitrogen and oxygen atoms in total. The Morgan fingerprint density at radius 3 is 3.00 bits per heavy atom. The smallest absolute Gasteiger partial charge is 0.0763 e. The molecule has 0 aliphatic heterocycles. The number of rotatable bonds is 5. The van der Waals surface area contributed by atoms with Gasteiger partial charge in [-0.15, -0.1) is 11.3 Å². The van der Waals surface area contributed by atoms with Gasteiger partial charge in [0.2, 0.25) is 0 Å². The number of hydrogen-bond acceptors (Lipinski definition) is 3. The summed E-state index contributed by atoms with van der Waals surface area (Å²) in [5.41, 5.74) is 1.23. The monoisotopic (exact) mass is 313 g/mol. The van der Waals surface area contributed by atoms with Gasteiger partial charge >= 0.3 is 0 Å². The van der Waals surface area contributed by atoms with E-state index in [1.54, 1.807) is 11.3 Å². The van der Waals surface area contributed by atoms with E-state index in [0.29, 0.717) is 6.04 Å². The predicted molar refractivity (Wildman–Crippen MR) is 75.3 cm³/mol. The first kappa shape index (κ1) is 12.8. The Balaban J connectivity index is 1.97. The molecule has 0 fully saturated rings. The van der Waals surface area contributed by atoms with Crippen molar-refractivity contribution in [3.05, 3.63) is 38.8 Å². The molecule has 0 atom stereocenters. The molecule has 0 saturated carbocycles. The normalized spacial score (nSPS) is 11.3. The van der Waals surface area contributed by atoms with Crippen molar-refractivity contribution < 1.29 is 0 Å². The maximum Gasteiger partial charge on any atom is 0.0763 e. The predicted octanol–water partition coefficient (Wildman–Crippen LogP) is 3.25. The Hall–Kier alpha value is -0.650. The highest BCUT2D eigenvalue weighted by molar-refractivity contribution is 9.10. The van der Waals surface area contributed by atoms with E-state index in [4.69, 9.17) is 0 Å². The van der Waals surface area contributed by atoms with Crippen molar-refractivity contribution in [3.8, 4) is 0 Å². The first-order valence-electron chi connectivity index (χ1n) is 5.61. The average Bonchev–Trinajstić information content (AvgIpc) is 2.87. The second-order valence-corrected chi connectivity index (χ2v) is 6.13. The second kappa shape index (κ2) is 5.80. The molecule has 2 aromatic heterocycles. The number of halogens is 1. The maximum absolute atomic E-state index is 4.37. The standard InChI is InChI=1S/C12H16BrN3S/c1-9(2)14-5-10-6-15-16(7-10)8-12-11(13)3-4-17-12/h3-4,6-7,9,14H,5,8H2,1-2H3. The van der Waals surface area contributed by atoms with Gasteiger partial charge in [-0.3, -0.25) is 4.68 Å². The Bertz CT molecular complexity index is 476. The third-order valence-electron chi connectivity index (χ3n) is 2.40. The maximum atomic E-state index is 4.37. The van der Waals surface area contributed by atoms with E-state index in [1.165, 1.54) is 14.9 Å². The van der Waals surface area contributed by atoms with Crippen LogP contribution in [0.15, 0.2) is 28.3 Å². The van der Waals surface area contributed by atoms with Crippen LogP contribution in [0.3, 0.4) is 0 Å². The quantitative estimate of drug-likeness (QED) is 0.918. The van der Waals surface area contributed by atoms with Gasteiger partial charge in [-0.2, -0.15) is 5.10 Å². The zero-order chi connectivity index (χ0) is 12.3. The van der Waals surface area contributed by atoms with Crippen LogP contribution in [-0.4, -0.2) is 15.8 Å². The lowest BCUT2D eigenvalue weighted by molar-refractivity contribution is 0.588. The van der Waals surface area contributed by atoms with E-state index < -0.39 is 0 Å². The lowest BCUT2D eigenvalue weighted by atomic mass is 10.3. The van der Waals surface area contributed by atoms with Crippen molar-refractivity contribution in [2.75, 3.05) is 0 Å². The van der Waals surface area contributed by atoms with Gasteiger partial charge in [0.25, 0.3) is 0 Å². The molecule has 1 N–H and O–H groups in total. The van der Waals surface area contributed by atoms with Crippen molar-refractivity contribution in [2.45, 2.75) is 33.0 Å². The summed E-state index contributed by atoms with van der Waals surface area (Å²) >= 11 is 5.29. The molecule has 0 aliphatic rings. The van der Waals surface area contributed by atoms with Gasteiger partial charge in [-0.25, -0.2) is 0 Å². The van der Waals surface area contributed by atoms with Crippen molar-refractivity contribution in [1.29, 1.82) is 0 Å². The Labute approximate surface area is 114 Å². The number of nitrogens with one attached hydrogen (secondary N) is 1. The number of thiophene rings is 1. The first-order valence-corrected chi connectivity index (χ1v) is 7.29. The Kier molecular flexibility index (Phi) is 4.36. The SMILES string of the molecule is CC(C)NCc1cnn(Cc2sccc2Br)c1. The molecule has 0 saturated heterocycles. The van der Waals surface area contributed by atoms with E-state index in [-0.39, 0.29) is 0 Å². The minimum Gasteiger partial charge on any atom is -0.310 e. The zero-order valence-electron chi connectivity index (χ0n) is 9.98. The van der Waals surface area contributed by atoms with Crippen LogP contribution < -0.4 is 5.32 Å². The summed E-state index contributed by atoms with van der Waals surface area (Å²) in [4.78, 5) is 1.30. The van der Waals surface area contributed by atoms with Gasteiger partial charge in [0.15, 0.2) is 0 Å². The van der Waals surface area contributed by atoms with E-state index in [0.717, 1.165) is 13.1 Å². The van der Waals surface area contributed by atoms with E-state index in [1.807, 2.05) is 10.9 Å². The minimum atomic E-state index is 0.504. The number of nitrogens with zero attached hydrogens (tertiary/aromatic N) is 2. The molecule has 0 unspecified atom stereocenters. The van der Waals surface area contributed by atoms with Crippen LogP contribution in [0.4, 0.5) is 0 Å². The summed E-state index contributed by atoms with van der Waals surface area (Å²) in [6.45, 7) is 6.00. The van der Waals surface area contributed by atoms with Crippen molar-refractivity contribution in [1.82, 2.24) is 15.1 Å². The fourth-order valence-electron chi connectivity index (χ4n) is 1.49. The van der Waals surface area contributed by atoms with Crippen LogP contribution in [0.2, 0.25) is 0 Å². The molecule has 0 radical (unpaired) electrons. The highest BCUT2D eigenvalue weighted by Gasteiger charge is 2.04. The summed E-state index contributed by atoms with van der Waals surface area (Å²) in [5, 5.41) is 9.85. The molecule has 0 bridgehead atoms. The van der Waals surface area contributed by atoms with Crippen molar-refractivity contribution >= 4 is 27.3 Å². The molecule has 0 aromatic carbocycles. The fourth-order valence-corrected chi connectivity index (χ4v) is 2.96. The van der Waals surface area contributed by atoms with Gasteiger partial charge in [0.05, 0.1) is 12.7 Å². The van der Waals surface area contributed by atoms with E-state index in [2.05, 4.69) is 57.8 Å². The zero-order valence-corrected chi connectivity index (χ0v) is 12.4. The molecular weight excluding hydrogens is 298 g/mol. The lowest BCUT2D eigenvalue weighted by Crippen LogP contribution is -2.21. The van der Waals surface area contributed by atoms with Gasteiger partial charge in [0, 0.05) is 33.7 Å². The van der Waals surface area contributed by atoms with Gasteiger partial charge in [-0.1, -0.05) is 13.8 Å². The summed E-state index contributed by atoms with van der Waals surface area (Å²) in [7, 11) is 0. The third kappa shape index (κ3) is 3.66. The van der Waals surface area contributed by atoms with Gasteiger partial charge in [-0.05, 0) is 27.4 Å². The summed E-state index contributed by atoms with van der Waals surface area (Å²) in [6, 6.07) is 2.58. The fraction of sp³-hybridized carbons (Fsp3) is 0.417. The molecule has 2 aromatic rings. The second-order valence-electron chi connectivity index (χ2n) is 4.27. The molecule has 0 aliphatic carbocycles. The minimum absolute atomic E-state index is 0.504. The molecule has 5 heteroatoms. The summed E-state index contributed by atoms with van der Waals surface area (Å²) < 4.78 is 3.15. The van der Waals surface area contributed by atoms with Crippen LogP contribution in [0, 0.1) is 0 Å². The lowest BCUT2D eigenvalue weighted by Gasteiger charge is -2.05. The largest absolute Gasteiger partial charge is 0.310 e. The summed E-state index contributed by atoms with van der Waals surface area (Å²) in [6.07, 6.45) is 4.03. The van der Waals surface area contributed by atoms with E-state index >= 15 is 0 Å². The summed E-state index contributed by atoms with van der Waals surface area (Å²) in [5.74, 6) is 0. The molecule has 17 heavy (non-hydrogen) atoms. The highest BCUT2D eigenvalue weighted by Crippen LogP contribution is 2.23. The van der Waals surface area contributed by atoms with Crippen LogP contribution in [-0.2, 0) is 13.1 Å². The van der Waals surface area contributed by atoms with Crippen molar-refractivity contribution in [2.24, 2.45) is 0 Å². The molecular formula is C12H16BrN3S. The van der Waals surface area contributed by atoms with Crippen LogP contribution >= 0.6 is 27.3 Å².